The van der Waals surface area contributed by atoms with Gasteiger partial charge in [0.2, 0.25) is 5.88 Å². The Bertz CT molecular complexity index is 958. The Morgan fingerprint density at radius 3 is 2.74 bits per heavy atom. The van der Waals surface area contributed by atoms with Gasteiger partial charge < -0.3 is 19.3 Å². The zero-order valence-electron chi connectivity index (χ0n) is 15.3. The first-order chi connectivity index (χ1) is 13.2. The molecule has 5 rings (SSSR count). The summed E-state index contributed by atoms with van der Waals surface area (Å²) in [6.45, 7) is 1.86. The molecule has 1 aromatic carbocycles. The molecule has 3 aromatic rings. The van der Waals surface area contributed by atoms with Crippen molar-refractivity contribution >= 4 is 16.9 Å². The van der Waals surface area contributed by atoms with Crippen molar-refractivity contribution in [2.24, 2.45) is 11.8 Å². The molecule has 2 aliphatic rings. The Kier molecular flexibility index (Phi) is 3.97. The van der Waals surface area contributed by atoms with Crippen LogP contribution in [-0.4, -0.2) is 50.9 Å². The van der Waals surface area contributed by atoms with E-state index < -0.39 is 0 Å². The maximum atomic E-state index is 10.9. The van der Waals surface area contributed by atoms with Gasteiger partial charge in [0.25, 0.3) is 0 Å². The van der Waals surface area contributed by atoms with Crippen LogP contribution in [-0.2, 0) is 0 Å². The smallest absolute Gasteiger partial charge is 0.218 e. The van der Waals surface area contributed by atoms with Gasteiger partial charge in [-0.3, -0.25) is 0 Å². The van der Waals surface area contributed by atoms with E-state index in [-0.39, 0.29) is 12.1 Å². The molecule has 0 unspecified atom stereocenters. The van der Waals surface area contributed by atoms with Crippen LogP contribution in [0.2, 0.25) is 0 Å². The first kappa shape index (κ1) is 16.5. The topological polar surface area (TPSA) is 76.3 Å². The molecule has 0 bridgehead atoms. The van der Waals surface area contributed by atoms with Gasteiger partial charge in [0.1, 0.15) is 12.1 Å². The van der Waals surface area contributed by atoms with Crippen LogP contribution in [0.3, 0.4) is 0 Å². The molecule has 140 valence electrons. The number of hydrogen-bond donors (Lipinski definition) is 1. The number of aromatic nitrogens is 4. The predicted molar refractivity (Wildman–Crippen MR) is 102 cm³/mol. The van der Waals surface area contributed by atoms with Gasteiger partial charge in [-0.15, -0.1) is 0 Å². The van der Waals surface area contributed by atoms with E-state index in [1.54, 1.807) is 13.4 Å². The lowest BCUT2D eigenvalue weighted by molar-refractivity contribution is 0.0375. The Morgan fingerprint density at radius 1 is 1.07 bits per heavy atom. The van der Waals surface area contributed by atoms with Crippen molar-refractivity contribution in [3.05, 3.63) is 43.0 Å². The maximum Gasteiger partial charge on any atom is 0.218 e. The van der Waals surface area contributed by atoms with Gasteiger partial charge in [-0.1, -0.05) is 12.1 Å². The number of ether oxygens (including phenoxy) is 1. The minimum Gasteiger partial charge on any atom is -0.481 e. The summed E-state index contributed by atoms with van der Waals surface area (Å²) in [5, 5.41) is 10.9. The zero-order chi connectivity index (χ0) is 18.4. The van der Waals surface area contributed by atoms with Gasteiger partial charge in [0, 0.05) is 19.2 Å². The molecular formula is C20H23N5O2. The molecule has 2 fully saturated rings. The maximum absolute atomic E-state index is 10.9. The van der Waals surface area contributed by atoms with Crippen molar-refractivity contribution < 1.29 is 9.84 Å². The van der Waals surface area contributed by atoms with Crippen LogP contribution in [0.5, 0.6) is 5.88 Å². The number of imidazole rings is 1. The third-order valence-corrected chi connectivity index (χ3v) is 6.11. The van der Waals surface area contributed by atoms with E-state index >= 15 is 0 Å². The SMILES string of the molecule is COc1cc(N2C[C@H]3C[C@@H](n4cnc5ccccc54)[C@H](O)C[C@H]3C2)ncn1. The second-order valence-electron chi connectivity index (χ2n) is 7.59. The Hall–Kier alpha value is -2.67. The normalized spacial score (nSPS) is 27.7. The highest BCUT2D eigenvalue weighted by Gasteiger charge is 2.43. The van der Waals surface area contributed by atoms with E-state index in [4.69, 9.17) is 4.74 Å². The Balaban J connectivity index is 1.39. The van der Waals surface area contributed by atoms with Crippen molar-refractivity contribution in [1.29, 1.82) is 0 Å². The molecule has 4 atom stereocenters. The number of rotatable bonds is 3. The van der Waals surface area contributed by atoms with Crippen molar-refractivity contribution in [1.82, 2.24) is 19.5 Å². The van der Waals surface area contributed by atoms with E-state index in [0.29, 0.717) is 17.7 Å². The third-order valence-electron chi connectivity index (χ3n) is 6.11. The number of nitrogens with zero attached hydrogens (tertiary/aromatic N) is 5. The largest absolute Gasteiger partial charge is 0.481 e. The second kappa shape index (κ2) is 6.49. The molecule has 1 saturated carbocycles. The van der Waals surface area contributed by atoms with Crippen LogP contribution < -0.4 is 9.64 Å². The average Bonchev–Trinajstić information content (AvgIpc) is 3.31. The lowest BCUT2D eigenvalue weighted by Crippen LogP contribution is -2.36. The molecule has 1 saturated heterocycles. The number of anilines is 1. The first-order valence-electron chi connectivity index (χ1n) is 9.43. The number of hydrogen-bond acceptors (Lipinski definition) is 6. The van der Waals surface area contributed by atoms with Crippen LogP contribution in [0.4, 0.5) is 5.82 Å². The molecule has 0 spiro atoms. The summed E-state index contributed by atoms with van der Waals surface area (Å²) in [5.41, 5.74) is 2.07. The van der Waals surface area contributed by atoms with Crippen molar-refractivity contribution in [3.8, 4) is 5.88 Å². The molecule has 3 heterocycles. The molecule has 1 N–H and O–H groups in total. The quantitative estimate of drug-likeness (QED) is 0.767. The van der Waals surface area contributed by atoms with Crippen molar-refractivity contribution in [3.63, 3.8) is 0 Å². The molecular weight excluding hydrogens is 342 g/mol. The number of aliphatic hydroxyl groups is 1. The summed E-state index contributed by atoms with van der Waals surface area (Å²) in [4.78, 5) is 15.3. The van der Waals surface area contributed by atoms with Gasteiger partial charge >= 0.3 is 0 Å². The van der Waals surface area contributed by atoms with Gasteiger partial charge in [0.05, 0.1) is 36.6 Å². The van der Waals surface area contributed by atoms with E-state index in [2.05, 4.69) is 30.5 Å². The highest BCUT2D eigenvalue weighted by Crippen LogP contribution is 2.43. The minimum atomic E-state index is -0.358. The minimum absolute atomic E-state index is 0.0681. The molecule has 7 nitrogen and oxygen atoms in total. The van der Waals surface area contributed by atoms with E-state index in [9.17, 15) is 5.11 Å². The zero-order valence-corrected chi connectivity index (χ0v) is 15.3. The Labute approximate surface area is 157 Å². The number of benzene rings is 1. The number of aliphatic hydroxyl groups excluding tert-OH is 1. The molecule has 2 aromatic heterocycles. The number of methoxy groups -OCH3 is 1. The molecule has 27 heavy (non-hydrogen) atoms. The van der Waals surface area contributed by atoms with Crippen LogP contribution >= 0.6 is 0 Å². The fourth-order valence-electron chi connectivity index (χ4n) is 4.75. The van der Waals surface area contributed by atoms with E-state index in [1.807, 2.05) is 30.6 Å². The molecule has 0 amide bonds. The van der Waals surface area contributed by atoms with Gasteiger partial charge in [-0.2, -0.15) is 0 Å². The highest BCUT2D eigenvalue weighted by atomic mass is 16.5. The lowest BCUT2D eigenvalue weighted by atomic mass is 9.77. The number of para-hydroxylation sites is 2. The lowest BCUT2D eigenvalue weighted by Gasteiger charge is -2.36. The molecule has 7 heteroatoms. The van der Waals surface area contributed by atoms with Crippen LogP contribution in [0.1, 0.15) is 18.9 Å². The van der Waals surface area contributed by atoms with Gasteiger partial charge in [-0.25, -0.2) is 15.0 Å². The van der Waals surface area contributed by atoms with Crippen LogP contribution in [0.15, 0.2) is 43.0 Å². The summed E-state index contributed by atoms with van der Waals surface area (Å²) < 4.78 is 7.39. The van der Waals surface area contributed by atoms with Gasteiger partial charge in [-0.05, 0) is 36.8 Å². The van der Waals surface area contributed by atoms with Crippen LogP contribution in [0, 0.1) is 11.8 Å². The number of fused-ring (bicyclic) bond motifs is 2. The van der Waals surface area contributed by atoms with Crippen molar-refractivity contribution in [2.75, 3.05) is 25.1 Å². The fraction of sp³-hybridized carbons (Fsp3) is 0.450. The second-order valence-corrected chi connectivity index (χ2v) is 7.59. The summed E-state index contributed by atoms with van der Waals surface area (Å²) in [6, 6.07) is 10.1. The van der Waals surface area contributed by atoms with Gasteiger partial charge in [0.15, 0.2) is 0 Å². The molecule has 1 aliphatic carbocycles. The van der Waals surface area contributed by atoms with Crippen LogP contribution in [0.25, 0.3) is 11.0 Å². The third kappa shape index (κ3) is 2.82. The summed E-state index contributed by atoms with van der Waals surface area (Å²) in [7, 11) is 1.62. The summed E-state index contributed by atoms with van der Waals surface area (Å²) in [6.07, 6.45) is 4.82. The monoisotopic (exact) mass is 365 g/mol. The fourth-order valence-corrected chi connectivity index (χ4v) is 4.75. The molecule has 0 radical (unpaired) electrons. The standard InChI is InChI=1S/C20H23N5O2/c1-27-20-8-19(21-11-22-20)24-9-13-6-17(18(26)7-14(13)10-24)25-12-23-15-4-2-3-5-16(15)25/h2-5,8,11-14,17-18,26H,6-7,9-10H2,1H3/t13-,14+,17-,18-/m1/s1. The average molecular weight is 365 g/mol. The van der Waals surface area contributed by atoms with E-state index in [0.717, 1.165) is 42.8 Å². The summed E-state index contributed by atoms with van der Waals surface area (Å²) >= 11 is 0. The van der Waals surface area contributed by atoms with Crippen molar-refractivity contribution in [2.45, 2.75) is 25.0 Å². The highest BCUT2D eigenvalue weighted by molar-refractivity contribution is 5.75. The first-order valence-corrected chi connectivity index (χ1v) is 9.43. The predicted octanol–water partition coefficient (Wildman–Crippen LogP) is 2.28. The molecule has 1 aliphatic heterocycles. The summed E-state index contributed by atoms with van der Waals surface area (Å²) in [5.74, 6) is 2.49. The van der Waals surface area contributed by atoms with E-state index in [1.165, 1.54) is 0 Å². The Morgan fingerprint density at radius 2 is 1.89 bits per heavy atom.